The first-order valence-electron chi connectivity index (χ1n) is 6.70. The number of carbonyl (C=O) groups excluding carboxylic acids is 2. The van der Waals surface area contributed by atoms with Crippen LogP contribution in [-0.2, 0) is 11.3 Å². The number of nitrogens with one attached hydrogen (secondary N) is 2. The second-order valence-corrected chi connectivity index (χ2v) is 6.16. The Kier molecular flexibility index (Phi) is 6.57. The summed E-state index contributed by atoms with van der Waals surface area (Å²) in [6.07, 6.45) is 3.56. The van der Waals surface area contributed by atoms with Crippen LogP contribution in [0.15, 0.2) is 17.6 Å². The van der Waals surface area contributed by atoms with Crippen LogP contribution in [0.2, 0.25) is 0 Å². The van der Waals surface area contributed by atoms with Gasteiger partial charge in [-0.15, -0.1) is 0 Å². The number of imidazole rings is 1. The van der Waals surface area contributed by atoms with E-state index in [2.05, 4.69) is 15.6 Å². The third-order valence-electron chi connectivity index (χ3n) is 2.58. The molecule has 0 aliphatic rings. The number of aromatic nitrogens is 2. The average Bonchev–Trinajstić information content (AvgIpc) is 2.83. The fraction of sp³-hybridized carbons (Fsp3) is 0.615. The van der Waals surface area contributed by atoms with Crippen molar-refractivity contribution in [2.45, 2.75) is 44.6 Å². The fourth-order valence-corrected chi connectivity index (χ4v) is 2.35. The van der Waals surface area contributed by atoms with Crippen molar-refractivity contribution in [3.63, 3.8) is 0 Å². The van der Waals surface area contributed by atoms with Gasteiger partial charge in [0.2, 0.25) is 5.91 Å². The van der Waals surface area contributed by atoms with Crippen LogP contribution in [0.4, 0.5) is 4.79 Å². The molecule has 1 rings (SSSR count). The third-order valence-corrected chi connectivity index (χ3v) is 3.70. The molecular weight excluding hydrogens is 276 g/mol. The zero-order valence-electron chi connectivity index (χ0n) is 12.3. The van der Waals surface area contributed by atoms with Gasteiger partial charge in [-0.1, -0.05) is 25.6 Å². The summed E-state index contributed by atoms with van der Waals surface area (Å²) in [4.78, 5) is 27.6. The molecule has 3 amide bonds. The highest BCUT2D eigenvalue weighted by atomic mass is 32.2. The van der Waals surface area contributed by atoms with Crippen LogP contribution in [0.5, 0.6) is 0 Å². The smallest absolute Gasteiger partial charge is 0.321 e. The van der Waals surface area contributed by atoms with Crippen LogP contribution in [0, 0.1) is 5.92 Å². The van der Waals surface area contributed by atoms with Crippen molar-refractivity contribution in [1.82, 2.24) is 20.2 Å². The molecule has 0 bridgehead atoms. The van der Waals surface area contributed by atoms with E-state index in [9.17, 15) is 9.59 Å². The molecule has 0 fully saturated rings. The Morgan fingerprint density at radius 3 is 2.70 bits per heavy atom. The number of rotatable bonds is 6. The van der Waals surface area contributed by atoms with Gasteiger partial charge in [0.05, 0.1) is 5.25 Å². The Morgan fingerprint density at radius 2 is 2.10 bits per heavy atom. The van der Waals surface area contributed by atoms with E-state index in [1.165, 1.54) is 11.8 Å². The fourth-order valence-electron chi connectivity index (χ4n) is 1.42. The summed E-state index contributed by atoms with van der Waals surface area (Å²) in [6.45, 7) is 9.09. The molecule has 1 unspecified atom stereocenters. The summed E-state index contributed by atoms with van der Waals surface area (Å²) < 4.78 is 1.95. The van der Waals surface area contributed by atoms with Gasteiger partial charge in [0.1, 0.15) is 0 Å². The van der Waals surface area contributed by atoms with Crippen LogP contribution in [0.25, 0.3) is 0 Å². The van der Waals surface area contributed by atoms with Crippen molar-refractivity contribution >= 4 is 23.7 Å². The highest BCUT2D eigenvalue weighted by molar-refractivity contribution is 8.00. The number of thioether (sulfide) groups is 1. The van der Waals surface area contributed by atoms with Crippen molar-refractivity contribution in [1.29, 1.82) is 0 Å². The Morgan fingerprint density at radius 1 is 1.40 bits per heavy atom. The maximum Gasteiger partial charge on any atom is 0.321 e. The minimum atomic E-state index is -0.449. The minimum absolute atomic E-state index is 0.318. The second kappa shape index (κ2) is 7.94. The number of amides is 3. The van der Waals surface area contributed by atoms with Crippen molar-refractivity contribution in [3.8, 4) is 0 Å². The maximum atomic E-state index is 11.9. The van der Waals surface area contributed by atoms with E-state index in [0.29, 0.717) is 12.5 Å². The standard InChI is InChI=1S/C13H22N4O2S/c1-5-17-7-6-14-13(17)20-10(4)11(18)16-12(19)15-8-9(2)3/h6-7,9-10H,5,8H2,1-4H3,(H2,15,16,18,19). The molecule has 1 heterocycles. The number of aryl methyl sites for hydroxylation is 1. The molecule has 0 aliphatic heterocycles. The predicted octanol–water partition coefficient (Wildman–Crippen LogP) is 1.87. The van der Waals surface area contributed by atoms with Crippen LogP contribution >= 0.6 is 11.8 Å². The van der Waals surface area contributed by atoms with Gasteiger partial charge in [-0.2, -0.15) is 0 Å². The summed E-state index contributed by atoms with van der Waals surface area (Å²) >= 11 is 1.34. The summed E-state index contributed by atoms with van der Waals surface area (Å²) in [5.74, 6) is 0.0293. The Balaban J connectivity index is 2.45. The molecule has 20 heavy (non-hydrogen) atoms. The summed E-state index contributed by atoms with van der Waals surface area (Å²) in [5, 5.41) is 5.38. The molecule has 6 nitrogen and oxygen atoms in total. The van der Waals surface area contributed by atoms with E-state index in [1.807, 2.05) is 31.5 Å². The molecule has 7 heteroatoms. The molecule has 2 N–H and O–H groups in total. The lowest BCUT2D eigenvalue weighted by Gasteiger charge is -2.13. The van der Waals surface area contributed by atoms with E-state index in [-0.39, 0.29) is 11.2 Å². The van der Waals surface area contributed by atoms with E-state index in [4.69, 9.17) is 0 Å². The number of hydrogen-bond acceptors (Lipinski definition) is 4. The largest absolute Gasteiger partial charge is 0.338 e. The first-order valence-corrected chi connectivity index (χ1v) is 7.58. The van der Waals surface area contributed by atoms with Gasteiger partial charge in [-0.3, -0.25) is 10.1 Å². The lowest BCUT2D eigenvalue weighted by molar-refractivity contribution is -0.119. The van der Waals surface area contributed by atoms with Gasteiger partial charge in [0.25, 0.3) is 0 Å². The average molecular weight is 298 g/mol. The van der Waals surface area contributed by atoms with E-state index >= 15 is 0 Å². The first-order chi connectivity index (χ1) is 9.43. The summed E-state index contributed by atoms with van der Waals surface area (Å²) in [6, 6.07) is -0.449. The lowest BCUT2D eigenvalue weighted by atomic mass is 10.2. The highest BCUT2D eigenvalue weighted by Crippen LogP contribution is 2.21. The molecule has 1 aromatic heterocycles. The monoisotopic (exact) mass is 298 g/mol. The molecular formula is C13H22N4O2S. The number of carbonyl (C=O) groups is 2. The van der Waals surface area contributed by atoms with Gasteiger partial charge in [0, 0.05) is 25.5 Å². The minimum Gasteiger partial charge on any atom is -0.338 e. The topological polar surface area (TPSA) is 76.0 Å². The molecule has 1 aromatic rings. The van der Waals surface area contributed by atoms with Gasteiger partial charge in [-0.05, 0) is 19.8 Å². The SMILES string of the molecule is CCn1ccnc1SC(C)C(=O)NC(=O)NCC(C)C. The maximum absolute atomic E-state index is 11.9. The van der Waals surface area contributed by atoms with Crippen molar-refractivity contribution in [2.24, 2.45) is 5.92 Å². The number of imide groups is 1. The summed E-state index contributed by atoms with van der Waals surface area (Å²) in [7, 11) is 0. The molecule has 0 saturated carbocycles. The van der Waals surface area contributed by atoms with Gasteiger partial charge in [-0.25, -0.2) is 9.78 Å². The molecule has 0 radical (unpaired) electrons. The molecule has 0 aromatic carbocycles. The van der Waals surface area contributed by atoms with Gasteiger partial charge >= 0.3 is 6.03 Å². The van der Waals surface area contributed by atoms with Crippen molar-refractivity contribution in [3.05, 3.63) is 12.4 Å². The molecule has 1 atom stereocenters. The summed E-state index contributed by atoms with van der Waals surface area (Å²) in [5.41, 5.74) is 0. The van der Waals surface area contributed by atoms with Crippen molar-refractivity contribution in [2.75, 3.05) is 6.54 Å². The number of urea groups is 1. The van der Waals surface area contributed by atoms with Gasteiger partial charge < -0.3 is 9.88 Å². The Bertz CT molecular complexity index is 459. The van der Waals surface area contributed by atoms with Crippen LogP contribution in [0.1, 0.15) is 27.7 Å². The molecule has 0 spiro atoms. The van der Waals surface area contributed by atoms with Crippen molar-refractivity contribution < 1.29 is 9.59 Å². The Labute approximate surface area is 123 Å². The van der Waals surface area contributed by atoms with E-state index in [1.54, 1.807) is 13.1 Å². The highest BCUT2D eigenvalue weighted by Gasteiger charge is 2.19. The number of nitrogens with zero attached hydrogens (tertiary/aromatic N) is 2. The zero-order chi connectivity index (χ0) is 15.1. The normalized spacial score (nSPS) is 12.2. The quantitative estimate of drug-likeness (QED) is 0.786. The van der Waals surface area contributed by atoms with E-state index < -0.39 is 6.03 Å². The lowest BCUT2D eigenvalue weighted by Crippen LogP contribution is -2.43. The molecule has 0 aliphatic carbocycles. The second-order valence-electron chi connectivity index (χ2n) is 4.85. The predicted molar refractivity (Wildman–Crippen MR) is 79.6 cm³/mol. The third kappa shape index (κ3) is 5.24. The van der Waals surface area contributed by atoms with Crippen LogP contribution in [-0.4, -0.2) is 33.3 Å². The van der Waals surface area contributed by atoms with Gasteiger partial charge in [0.15, 0.2) is 5.16 Å². The Hall–Kier alpha value is -1.50. The first kappa shape index (κ1) is 16.6. The molecule has 0 saturated heterocycles. The zero-order valence-corrected chi connectivity index (χ0v) is 13.2. The van der Waals surface area contributed by atoms with E-state index in [0.717, 1.165) is 11.7 Å². The van der Waals surface area contributed by atoms with Crippen LogP contribution < -0.4 is 10.6 Å². The van der Waals surface area contributed by atoms with Crippen LogP contribution in [0.3, 0.4) is 0 Å². The number of hydrogen-bond donors (Lipinski definition) is 2. The molecule has 112 valence electrons.